The van der Waals surface area contributed by atoms with E-state index in [0.717, 1.165) is 6.54 Å². The molecule has 1 aromatic heterocycles. The maximum atomic E-state index is 12.6. The lowest BCUT2D eigenvalue weighted by atomic mass is 9.95. The molecule has 3 nitrogen and oxygen atoms in total. The zero-order chi connectivity index (χ0) is 18.1. The summed E-state index contributed by atoms with van der Waals surface area (Å²) in [5.41, 5.74) is 0.333. The Morgan fingerprint density at radius 1 is 1.29 bits per heavy atom. The van der Waals surface area contributed by atoms with Gasteiger partial charge in [-0.05, 0) is 23.5 Å². The normalized spacial score (nSPS) is 12.9. The van der Waals surface area contributed by atoms with Gasteiger partial charge in [0.1, 0.15) is 0 Å². The van der Waals surface area contributed by atoms with Gasteiger partial charge in [0.25, 0.3) is 5.91 Å². The SMILES string of the molecule is CC(C)Cn1cc(C(C)(C)C)s/c1=N\C(=O)c1cccc(Cl)c1Cl. The number of carbonyl (C=O) groups excluding carboxylic acids is 1. The molecule has 0 unspecified atom stereocenters. The molecule has 0 atom stereocenters. The minimum atomic E-state index is -0.373. The van der Waals surface area contributed by atoms with Crippen LogP contribution in [0.15, 0.2) is 29.4 Å². The summed E-state index contributed by atoms with van der Waals surface area (Å²) in [7, 11) is 0. The summed E-state index contributed by atoms with van der Waals surface area (Å²) in [6.07, 6.45) is 2.09. The second-order valence-corrected chi connectivity index (χ2v) is 8.99. The molecule has 2 rings (SSSR count). The molecule has 0 fully saturated rings. The summed E-state index contributed by atoms with van der Waals surface area (Å²) in [6.45, 7) is 11.5. The first-order valence-electron chi connectivity index (χ1n) is 7.83. The lowest BCUT2D eigenvalue weighted by molar-refractivity contribution is 0.0997. The molecule has 0 N–H and O–H groups in total. The third-order valence-corrected chi connectivity index (χ3v) is 5.67. The van der Waals surface area contributed by atoms with Gasteiger partial charge in [-0.2, -0.15) is 4.99 Å². The summed E-state index contributed by atoms with van der Waals surface area (Å²) in [5, 5.41) is 0.602. The zero-order valence-corrected chi connectivity index (χ0v) is 16.9. The third-order valence-electron chi connectivity index (χ3n) is 3.40. The van der Waals surface area contributed by atoms with Crippen LogP contribution in [0, 0.1) is 5.92 Å². The number of amides is 1. The number of carbonyl (C=O) groups is 1. The molecule has 2 aromatic rings. The molecule has 0 spiro atoms. The smallest absolute Gasteiger partial charge is 0.281 e. The fraction of sp³-hybridized carbons (Fsp3) is 0.444. The van der Waals surface area contributed by atoms with E-state index in [-0.39, 0.29) is 16.3 Å². The Labute approximate surface area is 157 Å². The molecular formula is C18H22Cl2N2OS. The quantitative estimate of drug-likeness (QED) is 0.682. The van der Waals surface area contributed by atoms with Crippen molar-refractivity contribution in [2.45, 2.75) is 46.6 Å². The number of nitrogens with zero attached hydrogens (tertiary/aromatic N) is 2. The Bertz CT molecular complexity index is 813. The van der Waals surface area contributed by atoms with Crippen molar-refractivity contribution in [3.63, 3.8) is 0 Å². The molecular weight excluding hydrogens is 363 g/mol. The third kappa shape index (κ3) is 4.50. The summed E-state index contributed by atoms with van der Waals surface area (Å²) in [6, 6.07) is 5.00. The molecule has 0 saturated heterocycles. The van der Waals surface area contributed by atoms with Gasteiger partial charge in [-0.15, -0.1) is 11.3 Å². The molecule has 130 valence electrons. The van der Waals surface area contributed by atoms with Gasteiger partial charge in [-0.1, -0.05) is 63.9 Å². The maximum Gasteiger partial charge on any atom is 0.281 e. The second kappa shape index (κ2) is 7.42. The molecule has 24 heavy (non-hydrogen) atoms. The zero-order valence-electron chi connectivity index (χ0n) is 14.6. The highest BCUT2D eigenvalue weighted by Gasteiger charge is 2.19. The van der Waals surface area contributed by atoms with Gasteiger partial charge < -0.3 is 4.57 Å². The molecule has 0 radical (unpaired) electrons. The number of benzene rings is 1. The van der Waals surface area contributed by atoms with E-state index >= 15 is 0 Å². The van der Waals surface area contributed by atoms with Crippen LogP contribution in [0.4, 0.5) is 0 Å². The van der Waals surface area contributed by atoms with Crippen molar-refractivity contribution in [2.75, 3.05) is 0 Å². The van der Waals surface area contributed by atoms with E-state index < -0.39 is 0 Å². The molecule has 1 aromatic carbocycles. The fourth-order valence-corrected chi connectivity index (χ4v) is 3.59. The molecule has 1 heterocycles. The minimum Gasteiger partial charge on any atom is -0.323 e. The highest BCUT2D eigenvalue weighted by Crippen LogP contribution is 2.27. The second-order valence-electron chi connectivity index (χ2n) is 7.19. The van der Waals surface area contributed by atoms with Crippen LogP contribution in [0.1, 0.15) is 49.9 Å². The molecule has 6 heteroatoms. The van der Waals surface area contributed by atoms with Gasteiger partial charge in [0.05, 0.1) is 15.6 Å². The number of rotatable bonds is 3. The Morgan fingerprint density at radius 3 is 2.54 bits per heavy atom. The topological polar surface area (TPSA) is 34.4 Å². The summed E-state index contributed by atoms with van der Waals surface area (Å²) >= 11 is 13.7. The van der Waals surface area contributed by atoms with Crippen molar-refractivity contribution in [1.29, 1.82) is 0 Å². The van der Waals surface area contributed by atoms with Crippen LogP contribution in [0.5, 0.6) is 0 Å². The lowest BCUT2D eigenvalue weighted by Crippen LogP contribution is -2.19. The van der Waals surface area contributed by atoms with Crippen molar-refractivity contribution in [1.82, 2.24) is 4.57 Å². The highest BCUT2D eigenvalue weighted by atomic mass is 35.5. The largest absolute Gasteiger partial charge is 0.323 e. The van der Waals surface area contributed by atoms with Crippen LogP contribution in [0.3, 0.4) is 0 Å². The van der Waals surface area contributed by atoms with Gasteiger partial charge in [0, 0.05) is 17.6 Å². The van der Waals surface area contributed by atoms with E-state index in [4.69, 9.17) is 23.2 Å². The predicted molar refractivity (Wildman–Crippen MR) is 102 cm³/mol. The lowest BCUT2D eigenvalue weighted by Gasteiger charge is -2.14. The van der Waals surface area contributed by atoms with Gasteiger partial charge in [0.15, 0.2) is 4.80 Å². The first kappa shape index (κ1) is 19.2. The maximum absolute atomic E-state index is 12.6. The summed E-state index contributed by atoms with van der Waals surface area (Å²) in [5.74, 6) is 0.0820. The fourth-order valence-electron chi connectivity index (χ4n) is 2.15. The van der Waals surface area contributed by atoms with Crippen LogP contribution in [0.25, 0.3) is 0 Å². The molecule has 0 aliphatic heterocycles. The van der Waals surface area contributed by atoms with Gasteiger partial charge in [-0.25, -0.2) is 0 Å². The Kier molecular flexibility index (Phi) is 5.95. The van der Waals surface area contributed by atoms with Gasteiger partial charge in [0.2, 0.25) is 0 Å². The van der Waals surface area contributed by atoms with Crippen LogP contribution in [-0.2, 0) is 12.0 Å². The molecule has 0 aliphatic rings. The first-order valence-corrected chi connectivity index (χ1v) is 9.40. The summed E-state index contributed by atoms with van der Waals surface area (Å²) < 4.78 is 2.05. The first-order chi connectivity index (χ1) is 11.1. The molecule has 0 saturated carbocycles. The van der Waals surface area contributed by atoms with Crippen LogP contribution >= 0.6 is 34.5 Å². The number of hydrogen-bond donors (Lipinski definition) is 0. The average molecular weight is 385 g/mol. The number of aromatic nitrogens is 1. The van der Waals surface area contributed by atoms with Crippen LogP contribution < -0.4 is 4.80 Å². The molecule has 0 bridgehead atoms. The Balaban J connectivity index is 2.53. The van der Waals surface area contributed by atoms with E-state index in [1.165, 1.54) is 4.88 Å². The van der Waals surface area contributed by atoms with Gasteiger partial charge in [-0.3, -0.25) is 4.79 Å². The van der Waals surface area contributed by atoms with E-state index in [2.05, 4.69) is 45.8 Å². The number of thiazole rings is 1. The summed E-state index contributed by atoms with van der Waals surface area (Å²) in [4.78, 5) is 18.8. The van der Waals surface area contributed by atoms with Crippen molar-refractivity contribution in [3.8, 4) is 0 Å². The standard InChI is InChI=1S/C18H22Cl2N2OS/c1-11(2)9-22-10-14(18(3,4)5)24-17(22)21-16(23)12-7-6-8-13(19)15(12)20/h6-8,10-11H,9H2,1-5H3/b21-17-. The van der Waals surface area contributed by atoms with Crippen molar-refractivity contribution < 1.29 is 4.79 Å². The van der Waals surface area contributed by atoms with E-state index in [1.807, 2.05) is 4.57 Å². The minimum absolute atomic E-state index is 0.00785. The van der Waals surface area contributed by atoms with E-state index in [1.54, 1.807) is 29.5 Å². The Hall–Kier alpha value is -1.10. The Morgan fingerprint density at radius 2 is 1.96 bits per heavy atom. The number of hydrogen-bond acceptors (Lipinski definition) is 2. The highest BCUT2D eigenvalue weighted by molar-refractivity contribution is 7.09. The van der Waals surface area contributed by atoms with Crippen molar-refractivity contribution in [3.05, 3.63) is 49.7 Å². The van der Waals surface area contributed by atoms with Crippen LogP contribution in [0.2, 0.25) is 10.0 Å². The van der Waals surface area contributed by atoms with Crippen molar-refractivity contribution in [2.24, 2.45) is 10.9 Å². The monoisotopic (exact) mass is 384 g/mol. The van der Waals surface area contributed by atoms with E-state index in [0.29, 0.717) is 21.3 Å². The molecule has 1 amide bonds. The average Bonchev–Trinajstić information content (AvgIpc) is 2.84. The molecule has 0 aliphatic carbocycles. The number of halogens is 2. The van der Waals surface area contributed by atoms with E-state index in [9.17, 15) is 4.79 Å². The predicted octanol–water partition coefficient (Wildman–Crippen LogP) is 5.55. The van der Waals surface area contributed by atoms with Gasteiger partial charge >= 0.3 is 0 Å². The van der Waals surface area contributed by atoms with Crippen LogP contribution in [-0.4, -0.2) is 10.5 Å². The van der Waals surface area contributed by atoms with Crippen molar-refractivity contribution >= 4 is 40.4 Å².